The molecule has 0 fully saturated rings. The summed E-state index contributed by atoms with van der Waals surface area (Å²) in [4.78, 5) is 16.9. The van der Waals surface area contributed by atoms with E-state index >= 15 is 0 Å². The van der Waals surface area contributed by atoms with Crippen LogP contribution in [-0.2, 0) is 4.79 Å². The van der Waals surface area contributed by atoms with Gasteiger partial charge in [0.15, 0.2) is 5.13 Å². The van der Waals surface area contributed by atoms with Crippen LogP contribution in [0.25, 0.3) is 11.3 Å². The van der Waals surface area contributed by atoms with Crippen molar-refractivity contribution in [2.24, 2.45) is 5.41 Å². The summed E-state index contributed by atoms with van der Waals surface area (Å²) in [6.07, 6.45) is 0. The molecule has 0 aliphatic heterocycles. The topological polar surface area (TPSA) is 54.0 Å². The lowest BCUT2D eigenvalue weighted by atomic mass is 9.95. The van der Waals surface area contributed by atoms with E-state index in [0.29, 0.717) is 10.8 Å². The van der Waals surface area contributed by atoms with E-state index in [9.17, 15) is 9.18 Å². The third-order valence-corrected chi connectivity index (χ3v) is 5.39. The van der Waals surface area contributed by atoms with Crippen molar-refractivity contribution < 1.29 is 9.18 Å². The van der Waals surface area contributed by atoms with Gasteiger partial charge in [-0.25, -0.2) is 9.37 Å². The van der Waals surface area contributed by atoms with Gasteiger partial charge in [-0.15, -0.1) is 22.9 Å². The minimum Gasteiger partial charge on any atom is -0.332 e. The zero-order valence-electron chi connectivity index (χ0n) is 14.9. The number of hydrogen-bond donors (Lipinski definition) is 2. The molecule has 0 saturated heterocycles. The van der Waals surface area contributed by atoms with Gasteiger partial charge in [-0.3, -0.25) is 4.79 Å². The molecular formula is C20H19ClFN3OS. The van der Waals surface area contributed by atoms with Gasteiger partial charge in [0.2, 0.25) is 5.91 Å². The highest BCUT2D eigenvalue weighted by Gasteiger charge is 2.26. The van der Waals surface area contributed by atoms with Crippen LogP contribution in [-0.4, -0.2) is 16.8 Å². The summed E-state index contributed by atoms with van der Waals surface area (Å²) in [5.41, 5.74) is 2.49. The number of carbonyl (C=O) groups excluding carboxylic acids is 1. The number of halogens is 2. The lowest BCUT2D eigenvalue weighted by Crippen LogP contribution is -2.32. The smallest absolute Gasteiger partial charge is 0.231 e. The fourth-order valence-corrected chi connectivity index (χ4v) is 3.10. The molecule has 2 aromatic carbocycles. The SMILES string of the molecule is CC(C)(CCl)C(=O)Nc1cccc(-c2csc(Nc3ccc(F)cc3)n2)c1. The van der Waals surface area contributed by atoms with E-state index < -0.39 is 5.41 Å². The van der Waals surface area contributed by atoms with E-state index in [1.165, 1.54) is 23.5 Å². The molecule has 0 saturated carbocycles. The number of amides is 1. The maximum Gasteiger partial charge on any atom is 0.231 e. The van der Waals surface area contributed by atoms with Gasteiger partial charge >= 0.3 is 0 Å². The third-order valence-electron chi connectivity index (χ3n) is 3.96. The Morgan fingerprint density at radius 2 is 1.93 bits per heavy atom. The first-order chi connectivity index (χ1) is 12.9. The van der Waals surface area contributed by atoms with Crippen LogP contribution in [0.4, 0.5) is 20.9 Å². The highest BCUT2D eigenvalue weighted by molar-refractivity contribution is 7.14. The van der Waals surface area contributed by atoms with Gasteiger partial charge in [0.1, 0.15) is 5.82 Å². The van der Waals surface area contributed by atoms with Crippen molar-refractivity contribution in [2.75, 3.05) is 16.5 Å². The molecule has 0 unspecified atom stereocenters. The molecule has 2 N–H and O–H groups in total. The molecule has 0 spiro atoms. The number of aromatic nitrogens is 1. The van der Waals surface area contributed by atoms with Crippen molar-refractivity contribution in [3.63, 3.8) is 0 Å². The second kappa shape index (κ2) is 8.06. The van der Waals surface area contributed by atoms with Gasteiger partial charge in [-0.05, 0) is 50.2 Å². The number of nitrogens with zero attached hydrogens (tertiary/aromatic N) is 1. The maximum absolute atomic E-state index is 13.0. The molecule has 3 aromatic rings. The number of alkyl halides is 1. The van der Waals surface area contributed by atoms with E-state index in [1.54, 1.807) is 26.0 Å². The largest absolute Gasteiger partial charge is 0.332 e. The number of thiazole rings is 1. The first kappa shape index (κ1) is 19.3. The first-order valence-electron chi connectivity index (χ1n) is 8.33. The fraction of sp³-hybridized carbons (Fsp3) is 0.200. The molecule has 1 amide bonds. The molecule has 140 valence electrons. The predicted molar refractivity (Wildman–Crippen MR) is 110 cm³/mol. The molecule has 7 heteroatoms. The van der Waals surface area contributed by atoms with Crippen LogP contribution in [0.1, 0.15) is 13.8 Å². The van der Waals surface area contributed by atoms with Crippen LogP contribution >= 0.6 is 22.9 Å². The molecule has 0 radical (unpaired) electrons. The molecule has 4 nitrogen and oxygen atoms in total. The van der Waals surface area contributed by atoms with Gasteiger partial charge in [-0.2, -0.15) is 0 Å². The number of carbonyl (C=O) groups is 1. The minimum atomic E-state index is -0.648. The van der Waals surface area contributed by atoms with Crippen LogP contribution < -0.4 is 10.6 Å². The zero-order chi connectivity index (χ0) is 19.4. The molecule has 0 bridgehead atoms. The van der Waals surface area contributed by atoms with Crippen LogP contribution in [0.5, 0.6) is 0 Å². The van der Waals surface area contributed by atoms with E-state index in [0.717, 1.165) is 16.9 Å². The number of hydrogen-bond acceptors (Lipinski definition) is 4. The van der Waals surface area contributed by atoms with Crippen molar-refractivity contribution in [2.45, 2.75) is 13.8 Å². The molecule has 1 heterocycles. The molecule has 27 heavy (non-hydrogen) atoms. The summed E-state index contributed by atoms with van der Waals surface area (Å²) in [5, 5.41) is 8.68. The molecule has 0 atom stereocenters. The Morgan fingerprint density at radius 3 is 2.63 bits per heavy atom. The Bertz CT molecular complexity index is 940. The normalized spacial score (nSPS) is 11.3. The Balaban J connectivity index is 1.74. The summed E-state index contributed by atoms with van der Waals surface area (Å²) in [6.45, 7) is 3.60. The van der Waals surface area contributed by atoms with Crippen molar-refractivity contribution in [3.8, 4) is 11.3 Å². The fourth-order valence-electron chi connectivity index (χ4n) is 2.24. The summed E-state index contributed by atoms with van der Waals surface area (Å²) >= 11 is 7.31. The number of anilines is 3. The van der Waals surface area contributed by atoms with Gasteiger partial charge in [0.05, 0.1) is 11.1 Å². The summed E-state index contributed by atoms with van der Waals surface area (Å²) < 4.78 is 13.0. The van der Waals surface area contributed by atoms with Crippen molar-refractivity contribution in [1.82, 2.24) is 4.98 Å². The average molecular weight is 404 g/mol. The lowest BCUT2D eigenvalue weighted by molar-refractivity contribution is -0.122. The summed E-state index contributed by atoms with van der Waals surface area (Å²) in [5.74, 6) is -0.175. The van der Waals surface area contributed by atoms with Crippen molar-refractivity contribution >= 4 is 45.4 Å². The quantitative estimate of drug-likeness (QED) is 0.504. The number of benzene rings is 2. The van der Waals surface area contributed by atoms with Gasteiger partial charge in [0, 0.05) is 28.2 Å². The van der Waals surface area contributed by atoms with Crippen molar-refractivity contribution in [1.29, 1.82) is 0 Å². The zero-order valence-corrected chi connectivity index (χ0v) is 16.5. The Kier molecular flexibility index (Phi) is 5.77. The van der Waals surface area contributed by atoms with Crippen LogP contribution in [0.3, 0.4) is 0 Å². The Labute approximate surface area is 166 Å². The Morgan fingerprint density at radius 1 is 1.19 bits per heavy atom. The van der Waals surface area contributed by atoms with E-state index in [1.807, 2.05) is 29.6 Å². The molecular weight excluding hydrogens is 385 g/mol. The molecule has 1 aromatic heterocycles. The Hall–Kier alpha value is -2.44. The van der Waals surface area contributed by atoms with Gasteiger partial charge in [-0.1, -0.05) is 12.1 Å². The van der Waals surface area contributed by atoms with Crippen LogP contribution in [0.15, 0.2) is 53.9 Å². The lowest BCUT2D eigenvalue weighted by Gasteiger charge is -2.20. The highest BCUT2D eigenvalue weighted by atomic mass is 35.5. The molecule has 3 rings (SSSR count). The standard InChI is InChI=1S/C20H19ClFN3OS/c1-20(2,12-21)18(26)23-16-5-3-4-13(10-16)17-11-27-19(25-17)24-15-8-6-14(22)7-9-15/h3-11H,12H2,1-2H3,(H,23,26)(H,24,25). The summed E-state index contributed by atoms with van der Waals surface area (Å²) in [6, 6.07) is 13.6. The van der Waals surface area contributed by atoms with Crippen molar-refractivity contribution in [3.05, 3.63) is 59.7 Å². The average Bonchev–Trinajstić information content (AvgIpc) is 3.12. The van der Waals surface area contributed by atoms with Crippen LogP contribution in [0.2, 0.25) is 0 Å². The van der Waals surface area contributed by atoms with E-state index in [2.05, 4.69) is 15.6 Å². The second-order valence-corrected chi connectivity index (χ2v) is 7.85. The second-order valence-electron chi connectivity index (χ2n) is 6.72. The maximum atomic E-state index is 13.0. The predicted octanol–water partition coefficient (Wildman–Crippen LogP) is 5.90. The number of rotatable bonds is 6. The van der Waals surface area contributed by atoms with Gasteiger partial charge in [0.25, 0.3) is 0 Å². The monoisotopic (exact) mass is 403 g/mol. The molecule has 0 aliphatic carbocycles. The van der Waals surface area contributed by atoms with E-state index in [-0.39, 0.29) is 17.6 Å². The molecule has 0 aliphatic rings. The number of nitrogens with one attached hydrogen (secondary N) is 2. The minimum absolute atomic E-state index is 0.133. The van der Waals surface area contributed by atoms with E-state index in [4.69, 9.17) is 11.6 Å². The third kappa shape index (κ3) is 4.84. The van der Waals surface area contributed by atoms with Crippen LogP contribution in [0, 0.1) is 11.2 Å². The highest BCUT2D eigenvalue weighted by Crippen LogP contribution is 2.29. The van der Waals surface area contributed by atoms with Gasteiger partial charge < -0.3 is 10.6 Å². The first-order valence-corrected chi connectivity index (χ1v) is 9.75. The summed E-state index contributed by atoms with van der Waals surface area (Å²) in [7, 11) is 0.